The van der Waals surface area contributed by atoms with E-state index < -0.39 is 0 Å². The highest BCUT2D eigenvalue weighted by Crippen LogP contribution is 2.53. The van der Waals surface area contributed by atoms with Crippen LogP contribution in [0.5, 0.6) is 5.75 Å². The molecule has 0 amide bonds. The average Bonchev–Trinajstić information content (AvgIpc) is 3.02. The molecule has 0 aromatic heterocycles. The van der Waals surface area contributed by atoms with Gasteiger partial charge in [0.1, 0.15) is 11.9 Å². The molecule has 1 N–H and O–H groups in total. The van der Waals surface area contributed by atoms with Crippen LogP contribution < -0.4 is 0 Å². The Bertz CT molecular complexity index is 480. The van der Waals surface area contributed by atoms with Crippen molar-refractivity contribution in [1.82, 2.24) is 0 Å². The van der Waals surface area contributed by atoms with Gasteiger partial charge in [-0.1, -0.05) is 5.16 Å². The van der Waals surface area contributed by atoms with Gasteiger partial charge in [-0.25, -0.2) is 0 Å². The van der Waals surface area contributed by atoms with E-state index >= 15 is 0 Å². The summed E-state index contributed by atoms with van der Waals surface area (Å²) < 4.78 is 0. The molecule has 0 saturated heterocycles. The Morgan fingerprint density at radius 2 is 1.88 bits per heavy atom. The van der Waals surface area contributed by atoms with E-state index in [2.05, 4.69) is 5.16 Å². The highest BCUT2D eigenvalue weighted by Gasteiger charge is 2.54. The third kappa shape index (κ3) is 1.25. The van der Waals surface area contributed by atoms with Crippen molar-refractivity contribution in [3.8, 4) is 5.75 Å². The third-order valence-electron chi connectivity index (χ3n) is 4.59. The summed E-state index contributed by atoms with van der Waals surface area (Å²) in [6.07, 6.45) is 4.28. The topological polar surface area (TPSA) is 41.8 Å². The minimum Gasteiger partial charge on any atom is -0.508 e. The Balaban J connectivity index is 1.69. The standard InChI is InChI=1S/C14H15NO2/c16-11-5-3-8(4-6-11)13-12-9-1-2-10(7-9)14(12)17-15-13/h3-6,9-10,12,14,16H,1-2,7H2/t9-,10+,12-,14-/m0/s1. The second-order valence-corrected chi connectivity index (χ2v) is 5.45. The Morgan fingerprint density at radius 3 is 2.71 bits per heavy atom. The zero-order valence-corrected chi connectivity index (χ0v) is 9.54. The molecule has 2 saturated carbocycles. The summed E-state index contributed by atoms with van der Waals surface area (Å²) in [5.74, 6) is 2.29. The van der Waals surface area contributed by atoms with Crippen molar-refractivity contribution >= 4 is 5.71 Å². The van der Waals surface area contributed by atoms with Gasteiger partial charge in [0.15, 0.2) is 0 Å². The Kier molecular flexibility index (Phi) is 1.82. The fourth-order valence-electron chi connectivity index (χ4n) is 3.83. The smallest absolute Gasteiger partial charge is 0.139 e. The van der Waals surface area contributed by atoms with Crippen LogP contribution in [-0.4, -0.2) is 16.9 Å². The molecule has 1 aliphatic heterocycles. The van der Waals surface area contributed by atoms with E-state index in [0.717, 1.165) is 23.1 Å². The molecule has 0 radical (unpaired) electrons. The van der Waals surface area contributed by atoms with Gasteiger partial charge in [-0.05, 0) is 55.4 Å². The number of phenolic OH excluding ortho intramolecular Hbond substituents is 1. The largest absolute Gasteiger partial charge is 0.508 e. The van der Waals surface area contributed by atoms with E-state index in [4.69, 9.17) is 4.84 Å². The summed E-state index contributed by atoms with van der Waals surface area (Å²) >= 11 is 0. The molecule has 88 valence electrons. The number of fused-ring (bicyclic) bond motifs is 5. The predicted octanol–water partition coefficient (Wildman–Crippen LogP) is 2.54. The summed E-state index contributed by atoms with van der Waals surface area (Å²) in [5.41, 5.74) is 2.20. The fourth-order valence-corrected chi connectivity index (χ4v) is 3.83. The van der Waals surface area contributed by atoms with Gasteiger partial charge in [-0.2, -0.15) is 0 Å². The summed E-state index contributed by atoms with van der Waals surface area (Å²) in [4.78, 5) is 5.63. The number of benzene rings is 1. The molecule has 4 rings (SSSR count). The second-order valence-electron chi connectivity index (χ2n) is 5.45. The molecule has 2 bridgehead atoms. The number of phenols is 1. The van der Waals surface area contributed by atoms with E-state index in [-0.39, 0.29) is 0 Å². The minimum atomic E-state index is 0.303. The molecule has 0 spiro atoms. The van der Waals surface area contributed by atoms with E-state index in [0.29, 0.717) is 17.8 Å². The summed E-state index contributed by atoms with van der Waals surface area (Å²) in [5, 5.41) is 13.6. The molecule has 1 aromatic rings. The zero-order chi connectivity index (χ0) is 11.4. The molecular weight excluding hydrogens is 214 g/mol. The van der Waals surface area contributed by atoms with Gasteiger partial charge in [0.05, 0.1) is 5.71 Å². The summed E-state index contributed by atoms with van der Waals surface area (Å²) in [7, 11) is 0. The highest BCUT2D eigenvalue weighted by molar-refractivity contribution is 6.03. The molecule has 2 aliphatic carbocycles. The van der Waals surface area contributed by atoms with E-state index in [1.807, 2.05) is 12.1 Å². The maximum absolute atomic E-state index is 9.32. The predicted molar refractivity (Wildman–Crippen MR) is 63.8 cm³/mol. The maximum atomic E-state index is 9.32. The van der Waals surface area contributed by atoms with Crippen molar-refractivity contribution in [2.24, 2.45) is 22.9 Å². The van der Waals surface area contributed by atoms with E-state index in [1.165, 1.54) is 19.3 Å². The van der Waals surface area contributed by atoms with Crippen LogP contribution in [-0.2, 0) is 4.84 Å². The van der Waals surface area contributed by atoms with Crippen LogP contribution in [0.4, 0.5) is 0 Å². The highest BCUT2D eigenvalue weighted by atomic mass is 16.6. The quantitative estimate of drug-likeness (QED) is 0.804. The van der Waals surface area contributed by atoms with Gasteiger partial charge in [0.2, 0.25) is 0 Å². The van der Waals surface area contributed by atoms with Gasteiger partial charge in [-0.15, -0.1) is 0 Å². The minimum absolute atomic E-state index is 0.303. The molecule has 4 atom stereocenters. The van der Waals surface area contributed by atoms with Crippen LogP contribution in [0.15, 0.2) is 29.4 Å². The average molecular weight is 229 g/mol. The van der Waals surface area contributed by atoms with Crippen LogP contribution in [0, 0.1) is 17.8 Å². The number of hydrogen-bond acceptors (Lipinski definition) is 3. The van der Waals surface area contributed by atoms with E-state index in [1.54, 1.807) is 12.1 Å². The molecule has 3 nitrogen and oxygen atoms in total. The van der Waals surface area contributed by atoms with Crippen molar-refractivity contribution in [1.29, 1.82) is 0 Å². The van der Waals surface area contributed by atoms with Gasteiger partial charge >= 0.3 is 0 Å². The molecule has 1 heterocycles. The second kappa shape index (κ2) is 3.25. The fraction of sp³-hybridized carbons (Fsp3) is 0.500. The molecule has 3 heteroatoms. The summed E-state index contributed by atoms with van der Waals surface area (Å²) in [6.45, 7) is 0. The lowest BCUT2D eigenvalue weighted by atomic mass is 9.81. The number of hydrogen-bond donors (Lipinski definition) is 1. The lowest BCUT2D eigenvalue weighted by Gasteiger charge is -2.22. The van der Waals surface area contributed by atoms with Crippen LogP contribution >= 0.6 is 0 Å². The van der Waals surface area contributed by atoms with Crippen molar-refractivity contribution in [2.75, 3.05) is 0 Å². The lowest BCUT2D eigenvalue weighted by molar-refractivity contribution is 0.0275. The van der Waals surface area contributed by atoms with Crippen LogP contribution in [0.25, 0.3) is 0 Å². The molecule has 3 aliphatic rings. The number of nitrogens with zero attached hydrogens (tertiary/aromatic N) is 1. The van der Waals surface area contributed by atoms with Crippen LogP contribution in [0.2, 0.25) is 0 Å². The van der Waals surface area contributed by atoms with Gasteiger partial charge in [0.25, 0.3) is 0 Å². The van der Waals surface area contributed by atoms with Gasteiger partial charge in [-0.3, -0.25) is 0 Å². The van der Waals surface area contributed by atoms with Crippen LogP contribution in [0.3, 0.4) is 0 Å². The van der Waals surface area contributed by atoms with Gasteiger partial charge in [0, 0.05) is 11.5 Å². The zero-order valence-electron chi connectivity index (χ0n) is 9.54. The molecule has 17 heavy (non-hydrogen) atoms. The van der Waals surface area contributed by atoms with Crippen molar-refractivity contribution in [3.05, 3.63) is 29.8 Å². The number of oxime groups is 1. The number of aromatic hydroxyl groups is 1. The Labute approximate surface area is 100 Å². The van der Waals surface area contributed by atoms with Gasteiger partial charge < -0.3 is 9.94 Å². The molecule has 1 aromatic carbocycles. The molecular formula is C14H15NO2. The van der Waals surface area contributed by atoms with Crippen molar-refractivity contribution < 1.29 is 9.94 Å². The first-order valence-electron chi connectivity index (χ1n) is 6.36. The first-order valence-corrected chi connectivity index (χ1v) is 6.36. The van der Waals surface area contributed by atoms with Crippen molar-refractivity contribution in [2.45, 2.75) is 25.4 Å². The normalized spacial score (nSPS) is 37.8. The summed E-state index contributed by atoms with van der Waals surface area (Å²) in [6, 6.07) is 7.31. The maximum Gasteiger partial charge on any atom is 0.139 e. The first-order chi connectivity index (χ1) is 8.33. The first kappa shape index (κ1) is 9.51. The van der Waals surface area contributed by atoms with E-state index in [9.17, 15) is 5.11 Å². The Hall–Kier alpha value is -1.51. The van der Waals surface area contributed by atoms with Crippen LogP contribution in [0.1, 0.15) is 24.8 Å². The molecule has 2 fully saturated rings. The third-order valence-corrected chi connectivity index (χ3v) is 4.59. The van der Waals surface area contributed by atoms with Crippen molar-refractivity contribution in [3.63, 3.8) is 0 Å². The molecule has 0 unspecified atom stereocenters. The Morgan fingerprint density at radius 1 is 1.12 bits per heavy atom. The number of rotatable bonds is 1. The monoisotopic (exact) mass is 229 g/mol. The lowest BCUT2D eigenvalue weighted by Crippen LogP contribution is -2.29. The SMILES string of the molecule is Oc1ccc(C2=NO[C@H]3[C@@H]4CC[C@@H](C4)[C@@H]23)cc1.